The van der Waals surface area contributed by atoms with Crippen LogP contribution in [0.5, 0.6) is 11.5 Å². The molecule has 15 heavy (non-hydrogen) atoms. The second-order valence-electron chi connectivity index (χ2n) is 2.64. The number of aromatic hydroxyl groups is 1. The van der Waals surface area contributed by atoms with Gasteiger partial charge in [-0.1, -0.05) is 0 Å². The maximum Gasteiger partial charge on any atom is 0.328 e. The van der Waals surface area contributed by atoms with Crippen LogP contribution in [0.4, 0.5) is 0 Å². The molecule has 2 N–H and O–H groups in total. The molecular weight excluding hydrogens is 200 g/mol. The maximum absolute atomic E-state index is 10.2. The van der Waals surface area contributed by atoms with E-state index in [2.05, 4.69) is 9.78 Å². The molecule has 0 aliphatic rings. The lowest BCUT2D eigenvalue weighted by molar-refractivity contribution is -0.178. The van der Waals surface area contributed by atoms with Crippen molar-refractivity contribution < 1.29 is 24.8 Å². The van der Waals surface area contributed by atoms with Crippen LogP contribution in [0.3, 0.4) is 0 Å². The molecule has 0 radical (unpaired) electrons. The lowest BCUT2D eigenvalue weighted by Crippen LogP contribution is -1.90. The lowest BCUT2D eigenvalue weighted by Gasteiger charge is -2.03. The molecule has 0 saturated carbocycles. The summed E-state index contributed by atoms with van der Waals surface area (Å²) >= 11 is 0. The molecule has 5 nitrogen and oxygen atoms in total. The molecule has 0 unspecified atom stereocenters. The predicted octanol–water partition coefficient (Wildman–Crippen LogP) is 1.43. The molecule has 0 saturated heterocycles. The average molecular weight is 210 g/mol. The Morgan fingerprint density at radius 2 is 2.20 bits per heavy atom. The number of hydrogen-bond acceptors (Lipinski definition) is 4. The van der Waals surface area contributed by atoms with E-state index in [1.807, 2.05) is 0 Å². The van der Waals surface area contributed by atoms with E-state index < -0.39 is 5.97 Å². The van der Waals surface area contributed by atoms with E-state index >= 15 is 0 Å². The highest BCUT2D eigenvalue weighted by Crippen LogP contribution is 2.24. The van der Waals surface area contributed by atoms with Gasteiger partial charge >= 0.3 is 5.97 Å². The number of benzene rings is 1. The minimum absolute atomic E-state index is 0.0814. The molecule has 0 spiro atoms. The zero-order valence-corrected chi connectivity index (χ0v) is 8.01. The van der Waals surface area contributed by atoms with Gasteiger partial charge in [0.1, 0.15) is 5.75 Å². The van der Waals surface area contributed by atoms with E-state index in [1.165, 1.54) is 25.3 Å². The number of hydrogen-bond donors (Lipinski definition) is 2. The summed E-state index contributed by atoms with van der Waals surface area (Å²) in [6.45, 7) is 0. The fourth-order valence-corrected chi connectivity index (χ4v) is 0.974. The van der Waals surface area contributed by atoms with Gasteiger partial charge in [0.2, 0.25) is 0 Å². The van der Waals surface area contributed by atoms with Gasteiger partial charge in [0.05, 0.1) is 7.11 Å². The second-order valence-corrected chi connectivity index (χ2v) is 2.64. The van der Waals surface area contributed by atoms with E-state index in [9.17, 15) is 9.90 Å². The highest BCUT2D eigenvalue weighted by Gasteiger charge is 2.01. The Morgan fingerprint density at radius 3 is 2.73 bits per heavy atom. The topological polar surface area (TPSA) is 76.0 Å². The van der Waals surface area contributed by atoms with Crippen molar-refractivity contribution >= 4 is 12.0 Å². The summed E-state index contributed by atoms with van der Waals surface area (Å²) in [6.07, 6.45) is 2.22. The van der Waals surface area contributed by atoms with Gasteiger partial charge in [-0.05, 0) is 18.2 Å². The molecule has 1 aromatic rings. The first kappa shape index (κ1) is 11.1. The lowest BCUT2D eigenvalue weighted by atomic mass is 10.2. The molecule has 80 valence electrons. The van der Waals surface area contributed by atoms with Gasteiger partial charge < -0.3 is 15.1 Å². The molecule has 0 bridgehead atoms. The zero-order valence-electron chi connectivity index (χ0n) is 8.01. The van der Waals surface area contributed by atoms with Gasteiger partial charge in [-0.15, -0.1) is 0 Å². The predicted molar refractivity (Wildman–Crippen MR) is 52.4 cm³/mol. The molecule has 0 heterocycles. The van der Waals surface area contributed by atoms with Crippen LogP contribution in [0, 0.1) is 0 Å². The van der Waals surface area contributed by atoms with Gasteiger partial charge in [0.25, 0.3) is 0 Å². The molecule has 1 rings (SSSR count). The maximum atomic E-state index is 10.2. The van der Waals surface area contributed by atoms with Crippen molar-refractivity contribution in [3.63, 3.8) is 0 Å². The first-order valence-corrected chi connectivity index (χ1v) is 4.08. The van der Waals surface area contributed by atoms with Crippen molar-refractivity contribution in [1.82, 2.24) is 0 Å². The van der Waals surface area contributed by atoms with E-state index in [0.717, 1.165) is 6.08 Å². The number of carboxylic acid groups (broad SMARTS) is 1. The van der Waals surface area contributed by atoms with E-state index in [1.54, 1.807) is 6.07 Å². The quantitative estimate of drug-likeness (QED) is 0.446. The number of carbonyl (C=O) groups is 1. The van der Waals surface area contributed by atoms with Gasteiger partial charge in [-0.2, -0.15) is 4.89 Å². The van der Waals surface area contributed by atoms with Crippen LogP contribution in [-0.2, 0) is 9.68 Å². The molecule has 5 heteroatoms. The first-order valence-electron chi connectivity index (χ1n) is 4.08. The van der Waals surface area contributed by atoms with Crippen molar-refractivity contribution in [3.05, 3.63) is 29.8 Å². The largest absolute Gasteiger partial charge is 0.507 e. The van der Waals surface area contributed by atoms with Crippen LogP contribution in [0.25, 0.3) is 6.08 Å². The van der Waals surface area contributed by atoms with Gasteiger partial charge in [0, 0.05) is 17.7 Å². The third-order valence-electron chi connectivity index (χ3n) is 1.59. The number of phenolic OH excluding ortho intramolecular Hbond substituents is 1. The second kappa shape index (κ2) is 5.02. The number of phenols is 1. The Labute approximate surface area is 86.1 Å². The van der Waals surface area contributed by atoms with E-state index in [4.69, 9.17) is 5.11 Å². The number of carboxylic acids is 1. The van der Waals surface area contributed by atoms with Gasteiger partial charge in [-0.25, -0.2) is 4.79 Å². The minimum atomic E-state index is -1.08. The molecule has 0 aromatic heterocycles. The summed E-state index contributed by atoms with van der Waals surface area (Å²) in [5.41, 5.74) is 0.390. The Hall–Kier alpha value is -2.01. The van der Waals surface area contributed by atoms with Crippen molar-refractivity contribution in [2.45, 2.75) is 0 Å². The van der Waals surface area contributed by atoms with Crippen LogP contribution in [0.1, 0.15) is 5.56 Å². The Kier molecular flexibility index (Phi) is 3.70. The fourth-order valence-electron chi connectivity index (χ4n) is 0.974. The summed E-state index contributed by atoms with van der Waals surface area (Å²) < 4.78 is 0. The van der Waals surface area contributed by atoms with Crippen molar-refractivity contribution in [2.24, 2.45) is 0 Å². The molecule has 0 fully saturated rings. The fraction of sp³-hybridized carbons (Fsp3) is 0.100. The molecular formula is C10H10O5. The van der Waals surface area contributed by atoms with Crippen molar-refractivity contribution in [1.29, 1.82) is 0 Å². The Balaban J connectivity index is 2.88. The molecule has 0 aliphatic carbocycles. The van der Waals surface area contributed by atoms with Gasteiger partial charge in [-0.3, -0.25) is 0 Å². The molecule has 0 aliphatic heterocycles. The third-order valence-corrected chi connectivity index (χ3v) is 1.59. The SMILES string of the molecule is COOc1ccc(/C=C/C(=O)O)c(O)c1. The van der Waals surface area contributed by atoms with Crippen LogP contribution >= 0.6 is 0 Å². The normalized spacial score (nSPS) is 10.5. The number of rotatable bonds is 4. The van der Waals surface area contributed by atoms with Crippen LogP contribution in [-0.4, -0.2) is 23.3 Å². The van der Waals surface area contributed by atoms with Crippen LogP contribution in [0.2, 0.25) is 0 Å². The molecule has 0 atom stereocenters. The monoisotopic (exact) mass is 210 g/mol. The smallest absolute Gasteiger partial charge is 0.328 e. The zero-order chi connectivity index (χ0) is 11.3. The third kappa shape index (κ3) is 3.32. The summed E-state index contributed by atoms with van der Waals surface area (Å²) in [6, 6.07) is 4.39. The van der Waals surface area contributed by atoms with E-state index in [-0.39, 0.29) is 5.75 Å². The first-order chi connectivity index (χ1) is 7.13. The van der Waals surface area contributed by atoms with Crippen LogP contribution < -0.4 is 4.89 Å². The summed E-state index contributed by atoms with van der Waals surface area (Å²) in [5.74, 6) is -0.823. The Morgan fingerprint density at radius 1 is 1.47 bits per heavy atom. The molecule has 1 aromatic carbocycles. The van der Waals surface area contributed by atoms with Crippen LogP contribution in [0.15, 0.2) is 24.3 Å². The van der Waals surface area contributed by atoms with Crippen molar-refractivity contribution in [2.75, 3.05) is 7.11 Å². The van der Waals surface area contributed by atoms with E-state index in [0.29, 0.717) is 11.3 Å². The standard InChI is InChI=1S/C10H10O5/c1-14-15-8-4-2-7(9(11)6-8)3-5-10(12)13/h2-6,11H,1H3,(H,12,13)/b5-3+. The summed E-state index contributed by atoms with van der Waals surface area (Å²) in [5, 5.41) is 17.8. The Bertz CT molecular complexity index is 383. The van der Waals surface area contributed by atoms with Gasteiger partial charge in [0.15, 0.2) is 5.75 Å². The highest BCUT2D eigenvalue weighted by atomic mass is 17.2. The summed E-state index contributed by atoms with van der Waals surface area (Å²) in [4.78, 5) is 19.3. The van der Waals surface area contributed by atoms with Crippen molar-refractivity contribution in [3.8, 4) is 11.5 Å². The minimum Gasteiger partial charge on any atom is -0.507 e. The highest BCUT2D eigenvalue weighted by molar-refractivity contribution is 5.85. The number of aliphatic carboxylic acids is 1. The average Bonchev–Trinajstić information content (AvgIpc) is 2.17. The summed E-state index contributed by atoms with van der Waals surface area (Å²) in [7, 11) is 1.34. The molecule has 0 amide bonds.